The fourth-order valence-electron chi connectivity index (χ4n) is 3.43. The molecule has 1 aliphatic heterocycles. The Kier molecular flexibility index (Phi) is 11.6. The first-order chi connectivity index (χ1) is 14.3. The molecule has 0 spiro atoms. The molecular formula is C22H34IN5OS. The number of hydrogen-bond acceptors (Lipinski definition) is 5. The lowest BCUT2D eigenvalue weighted by Crippen LogP contribution is -2.42. The number of nitrogens with one attached hydrogen (secondary N) is 2. The number of aliphatic imine (C=N–C) groups is 1. The van der Waals surface area contributed by atoms with Crippen LogP contribution < -0.4 is 10.6 Å². The number of nitrogens with zero attached hydrogens (tertiary/aromatic N) is 3. The van der Waals surface area contributed by atoms with E-state index in [9.17, 15) is 0 Å². The second-order valence-electron chi connectivity index (χ2n) is 7.05. The van der Waals surface area contributed by atoms with E-state index >= 15 is 0 Å². The third kappa shape index (κ3) is 7.79. The third-order valence-corrected chi connectivity index (χ3v) is 6.22. The van der Waals surface area contributed by atoms with Crippen molar-refractivity contribution in [3.8, 4) is 0 Å². The second-order valence-corrected chi connectivity index (χ2v) is 8.24. The molecule has 30 heavy (non-hydrogen) atoms. The Labute approximate surface area is 201 Å². The van der Waals surface area contributed by atoms with Crippen LogP contribution in [-0.4, -0.2) is 61.8 Å². The predicted molar refractivity (Wildman–Crippen MR) is 136 cm³/mol. The summed E-state index contributed by atoms with van der Waals surface area (Å²) < 4.78 is 5.55. The monoisotopic (exact) mass is 543 g/mol. The smallest absolute Gasteiger partial charge is 0.191 e. The van der Waals surface area contributed by atoms with Gasteiger partial charge in [0.15, 0.2) is 5.96 Å². The number of benzene rings is 1. The maximum absolute atomic E-state index is 5.55. The van der Waals surface area contributed by atoms with Gasteiger partial charge in [-0.3, -0.25) is 9.89 Å². The summed E-state index contributed by atoms with van der Waals surface area (Å²) in [7, 11) is 0. The van der Waals surface area contributed by atoms with E-state index in [1.165, 1.54) is 15.4 Å². The first-order valence-corrected chi connectivity index (χ1v) is 11.4. The normalized spacial score (nSPS) is 16.0. The van der Waals surface area contributed by atoms with Crippen molar-refractivity contribution < 1.29 is 4.74 Å². The minimum atomic E-state index is 0. The van der Waals surface area contributed by atoms with Crippen molar-refractivity contribution in [3.63, 3.8) is 0 Å². The minimum absolute atomic E-state index is 0. The van der Waals surface area contributed by atoms with Crippen LogP contribution in [0.5, 0.6) is 0 Å². The van der Waals surface area contributed by atoms with Gasteiger partial charge in [-0.15, -0.1) is 35.3 Å². The van der Waals surface area contributed by atoms with Crippen LogP contribution in [0.1, 0.15) is 35.3 Å². The van der Waals surface area contributed by atoms with Gasteiger partial charge >= 0.3 is 0 Å². The average Bonchev–Trinajstić information content (AvgIpc) is 3.23. The Balaban J connectivity index is 0.00000320. The van der Waals surface area contributed by atoms with Crippen molar-refractivity contribution >= 4 is 41.3 Å². The van der Waals surface area contributed by atoms with Gasteiger partial charge in [-0.25, -0.2) is 4.98 Å². The van der Waals surface area contributed by atoms with Crippen molar-refractivity contribution in [3.05, 3.63) is 52.0 Å². The molecule has 2 aromatic rings. The summed E-state index contributed by atoms with van der Waals surface area (Å²) in [6, 6.07) is 10.9. The fourth-order valence-corrected chi connectivity index (χ4v) is 4.29. The summed E-state index contributed by atoms with van der Waals surface area (Å²) in [5.74, 6) is 0.869. The molecule has 3 rings (SSSR count). The van der Waals surface area contributed by atoms with Gasteiger partial charge in [0.05, 0.1) is 30.8 Å². The van der Waals surface area contributed by atoms with Crippen molar-refractivity contribution in [2.45, 2.75) is 32.7 Å². The van der Waals surface area contributed by atoms with Gasteiger partial charge in [-0.2, -0.15) is 0 Å². The van der Waals surface area contributed by atoms with Crippen molar-refractivity contribution in [2.24, 2.45) is 4.99 Å². The van der Waals surface area contributed by atoms with Crippen LogP contribution in [0.4, 0.5) is 0 Å². The Hall–Kier alpha value is -1.23. The van der Waals surface area contributed by atoms with Crippen molar-refractivity contribution in [1.82, 2.24) is 20.5 Å². The minimum Gasteiger partial charge on any atom is -0.379 e. The van der Waals surface area contributed by atoms with E-state index in [0.717, 1.165) is 64.7 Å². The largest absolute Gasteiger partial charge is 0.379 e. The van der Waals surface area contributed by atoms with Crippen LogP contribution >= 0.6 is 35.3 Å². The summed E-state index contributed by atoms with van der Waals surface area (Å²) in [6.45, 7) is 10.1. The molecule has 2 heterocycles. The quantitative estimate of drug-likeness (QED) is 0.288. The molecule has 1 aromatic heterocycles. The highest BCUT2D eigenvalue weighted by molar-refractivity contribution is 14.0. The first-order valence-electron chi connectivity index (χ1n) is 10.6. The molecule has 1 atom stereocenters. The van der Waals surface area contributed by atoms with Crippen molar-refractivity contribution in [2.75, 3.05) is 45.9 Å². The van der Waals surface area contributed by atoms with Crippen LogP contribution in [0.15, 0.2) is 41.5 Å². The van der Waals surface area contributed by atoms with E-state index in [0.29, 0.717) is 0 Å². The fraction of sp³-hybridized carbons (Fsp3) is 0.545. The molecule has 2 N–H and O–H groups in total. The molecule has 0 saturated carbocycles. The van der Waals surface area contributed by atoms with Crippen LogP contribution in [-0.2, 0) is 17.6 Å². The number of guanidine groups is 1. The van der Waals surface area contributed by atoms with Gasteiger partial charge in [-0.1, -0.05) is 37.3 Å². The number of aromatic nitrogens is 1. The Morgan fingerprint density at radius 3 is 2.63 bits per heavy atom. The van der Waals surface area contributed by atoms with E-state index in [1.54, 1.807) is 11.3 Å². The molecule has 6 nitrogen and oxygen atoms in total. The Morgan fingerprint density at radius 2 is 1.97 bits per heavy atom. The zero-order valence-corrected chi connectivity index (χ0v) is 21.1. The molecule has 166 valence electrons. The first kappa shape index (κ1) is 25.0. The lowest BCUT2D eigenvalue weighted by Gasteiger charge is -2.34. The summed E-state index contributed by atoms with van der Waals surface area (Å²) in [4.78, 5) is 13.2. The zero-order chi connectivity index (χ0) is 20.3. The van der Waals surface area contributed by atoms with E-state index in [2.05, 4.69) is 64.7 Å². The van der Waals surface area contributed by atoms with Gasteiger partial charge in [0, 0.05) is 43.7 Å². The number of halogens is 1. The summed E-state index contributed by atoms with van der Waals surface area (Å²) in [6.07, 6.45) is 3.96. The standard InChI is InChI=1S/C22H33N5OS.HI/c1-3-19-16-25-21(29-19)10-11-24-22(23-4-2)26-17-20(18-8-6-5-7-9-18)27-12-14-28-15-13-27;/h5-9,16,20H,3-4,10-15,17H2,1-2H3,(H2,23,24,26);1H. The Morgan fingerprint density at radius 1 is 1.20 bits per heavy atom. The van der Waals surface area contributed by atoms with Gasteiger partial charge in [0.2, 0.25) is 0 Å². The molecule has 1 unspecified atom stereocenters. The lowest BCUT2D eigenvalue weighted by atomic mass is 10.1. The Bertz CT molecular complexity index is 749. The van der Waals surface area contributed by atoms with E-state index in [1.807, 2.05) is 6.20 Å². The molecule has 0 amide bonds. The highest BCUT2D eigenvalue weighted by Crippen LogP contribution is 2.22. The highest BCUT2D eigenvalue weighted by atomic mass is 127. The van der Waals surface area contributed by atoms with E-state index in [4.69, 9.17) is 9.73 Å². The molecular weight excluding hydrogens is 509 g/mol. The predicted octanol–water partition coefficient (Wildman–Crippen LogP) is 3.49. The maximum atomic E-state index is 5.55. The third-order valence-electron chi connectivity index (χ3n) is 5.02. The molecule has 0 aliphatic carbocycles. The molecule has 0 radical (unpaired) electrons. The molecule has 1 aliphatic rings. The summed E-state index contributed by atoms with van der Waals surface area (Å²) in [5, 5.41) is 8.02. The summed E-state index contributed by atoms with van der Waals surface area (Å²) in [5.41, 5.74) is 1.31. The molecule has 1 saturated heterocycles. The number of ether oxygens (including phenoxy) is 1. The number of rotatable bonds is 9. The highest BCUT2D eigenvalue weighted by Gasteiger charge is 2.22. The van der Waals surface area contributed by atoms with Crippen LogP contribution in [0.3, 0.4) is 0 Å². The van der Waals surface area contributed by atoms with Gasteiger partial charge in [-0.05, 0) is 18.9 Å². The van der Waals surface area contributed by atoms with Crippen LogP contribution in [0.25, 0.3) is 0 Å². The molecule has 1 fully saturated rings. The van der Waals surface area contributed by atoms with E-state index < -0.39 is 0 Å². The molecule has 0 bridgehead atoms. The topological polar surface area (TPSA) is 61.8 Å². The van der Waals surface area contributed by atoms with Crippen LogP contribution in [0.2, 0.25) is 0 Å². The van der Waals surface area contributed by atoms with Gasteiger partial charge < -0.3 is 15.4 Å². The lowest BCUT2D eigenvalue weighted by molar-refractivity contribution is 0.0180. The molecule has 1 aromatic carbocycles. The summed E-state index contributed by atoms with van der Waals surface area (Å²) >= 11 is 1.80. The maximum Gasteiger partial charge on any atom is 0.191 e. The van der Waals surface area contributed by atoms with Gasteiger partial charge in [0.1, 0.15) is 0 Å². The zero-order valence-electron chi connectivity index (χ0n) is 18.0. The van der Waals surface area contributed by atoms with Gasteiger partial charge in [0.25, 0.3) is 0 Å². The van der Waals surface area contributed by atoms with Crippen LogP contribution in [0, 0.1) is 0 Å². The number of morpholine rings is 1. The molecule has 8 heteroatoms. The average molecular weight is 544 g/mol. The second kappa shape index (κ2) is 14.0. The number of thiazole rings is 1. The SMILES string of the molecule is CCNC(=NCC(c1ccccc1)N1CCOCC1)NCCc1ncc(CC)s1.I. The van der Waals surface area contributed by atoms with E-state index in [-0.39, 0.29) is 30.0 Å². The van der Waals surface area contributed by atoms with Crippen molar-refractivity contribution in [1.29, 1.82) is 0 Å². The number of aryl methyl sites for hydroxylation is 1. The number of hydrogen-bond donors (Lipinski definition) is 2.